The molecule has 0 aromatic heterocycles. The van der Waals surface area contributed by atoms with Crippen LogP contribution in [0.15, 0.2) is 54.6 Å². The Morgan fingerprint density at radius 1 is 0.950 bits per heavy atom. The quantitative estimate of drug-likeness (QED) is 0.500. The molecule has 2 aromatic rings. The maximum absolute atomic E-state index is 5.99. The summed E-state index contributed by atoms with van der Waals surface area (Å²) in [5.74, 6) is 0.627. The first-order valence-electron chi connectivity index (χ1n) is 6.76. The molecule has 0 aliphatic carbocycles. The molecule has 0 spiro atoms. The molecule has 2 rings (SSSR count). The average molecular weight is 309 g/mol. The molecular weight excluding hydrogens is 291 g/mol. The Bertz CT molecular complexity index is 496. The van der Waals surface area contributed by atoms with E-state index in [1.165, 1.54) is 11.1 Å². The van der Waals surface area contributed by atoms with Gasteiger partial charge in [-0.25, -0.2) is 0 Å². The zero-order valence-electron chi connectivity index (χ0n) is 11.3. The Kier molecular flexibility index (Phi) is 6.38. The molecule has 1 unspecified atom stereocenters. The fourth-order valence-electron chi connectivity index (χ4n) is 2.06. The van der Waals surface area contributed by atoms with E-state index in [-0.39, 0.29) is 6.10 Å². The van der Waals surface area contributed by atoms with Gasteiger partial charge in [0.15, 0.2) is 0 Å². The summed E-state index contributed by atoms with van der Waals surface area (Å²) in [5, 5.41) is 0.757. The molecule has 0 heterocycles. The van der Waals surface area contributed by atoms with Crippen LogP contribution in [0.5, 0.6) is 0 Å². The fourth-order valence-corrected chi connectivity index (χ4v) is 2.29. The van der Waals surface area contributed by atoms with Crippen LogP contribution >= 0.6 is 23.2 Å². The minimum atomic E-state index is 0.0561. The number of ether oxygens (including phenoxy) is 1. The van der Waals surface area contributed by atoms with Gasteiger partial charge in [-0.15, -0.1) is 11.6 Å². The number of hydrogen-bond donors (Lipinski definition) is 0. The Morgan fingerprint density at radius 3 is 2.30 bits per heavy atom. The number of alkyl halides is 1. The summed E-state index contributed by atoms with van der Waals surface area (Å²) in [6, 6.07) is 18.2. The van der Waals surface area contributed by atoms with Gasteiger partial charge in [0, 0.05) is 23.9 Å². The lowest BCUT2D eigenvalue weighted by Crippen LogP contribution is -2.09. The third kappa shape index (κ3) is 4.82. The third-order valence-electron chi connectivity index (χ3n) is 3.10. The van der Waals surface area contributed by atoms with E-state index >= 15 is 0 Å². The van der Waals surface area contributed by atoms with Gasteiger partial charge in [0.05, 0.1) is 6.10 Å². The fraction of sp³-hybridized carbons (Fsp3) is 0.294. The summed E-state index contributed by atoms with van der Waals surface area (Å²) in [5.41, 5.74) is 2.41. The van der Waals surface area contributed by atoms with E-state index in [1.807, 2.05) is 42.5 Å². The first kappa shape index (κ1) is 15.4. The van der Waals surface area contributed by atoms with Crippen molar-refractivity contribution in [3.05, 3.63) is 70.7 Å². The summed E-state index contributed by atoms with van der Waals surface area (Å²) < 4.78 is 5.99. The van der Waals surface area contributed by atoms with E-state index in [2.05, 4.69) is 12.1 Å². The molecule has 0 amide bonds. The second-order valence-electron chi connectivity index (χ2n) is 4.64. The molecule has 0 saturated carbocycles. The number of hydrogen-bond acceptors (Lipinski definition) is 1. The van der Waals surface area contributed by atoms with Crippen LogP contribution in [-0.4, -0.2) is 12.5 Å². The topological polar surface area (TPSA) is 9.23 Å². The van der Waals surface area contributed by atoms with E-state index in [4.69, 9.17) is 27.9 Å². The normalized spacial score (nSPS) is 12.3. The van der Waals surface area contributed by atoms with Gasteiger partial charge in [-0.1, -0.05) is 54.1 Å². The van der Waals surface area contributed by atoms with E-state index in [1.54, 1.807) is 0 Å². The maximum atomic E-state index is 5.99. The van der Waals surface area contributed by atoms with Crippen molar-refractivity contribution in [1.82, 2.24) is 0 Å². The van der Waals surface area contributed by atoms with Crippen molar-refractivity contribution in [1.29, 1.82) is 0 Å². The monoisotopic (exact) mass is 308 g/mol. The van der Waals surface area contributed by atoms with Gasteiger partial charge in [0.2, 0.25) is 0 Å². The maximum Gasteiger partial charge on any atom is 0.0865 e. The van der Waals surface area contributed by atoms with Gasteiger partial charge in [0.1, 0.15) is 0 Å². The van der Waals surface area contributed by atoms with Crippen molar-refractivity contribution < 1.29 is 4.74 Å². The second-order valence-corrected chi connectivity index (χ2v) is 5.46. The molecule has 0 aliphatic rings. The predicted molar refractivity (Wildman–Crippen MR) is 85.6 cm³/mol. The van der Waals surface area contributed by atoms with Gasteiger partial charge in [-0.3, -0.25) is 0 Å². The molecule has 0 aliphatic heterocycles. The standard InChI is InChI=1S/C17H18Cl2O/c18-11-4-12-20-17(15-5-2-1-3-6-15)13-14-7-9-16(19)10-8-14/h1-3,5-10,17H,4,11-13H2. The Hall–Kier alpha value is -1.02. The number of benzene rings is 2. The van der Waals surface area contributed by atoms with Crippen LogP contribution in [0, 0.1) is 0 Å². The summed E-state index contributed by atoms with van der Waals surface area (Å²) in [4.78, 5) is 0. The van der Waals surface area contributed by atoms with Crippen molar-refractivity contribution in [3.8, 4) is 0 Å². The molecule has 0 radical (unpaired) electrons. The zero-order chi connectivity index (χ0) is 14.2. The summed E-state index contributed by atoms with van der Waals surface area (Å²) >= 11 is 11.6. The molecule has 20 heavy (non-hydrogen) atoms. The molecule has 1 atom stereocenters. The van der Waals surface area contributed by atoms with E-state index < -0.39 is 0 Å². The molecule has 0 N–H and O–H groups in total. The minimum absolute atomic E-state index is 0.0561. The van der Waals surface area contributed by atoms with Crippen molar-refractivity contribution in [2.45, 2.75) is 18.9 Å². The van der Waals surface area contributed by atoms with Gasteiger partial charge < -0.3 is 4.74 Å². The first-order valence-corrected chi connectivity index (χ1v) is 7.68. The van der Waals surface area contributed by atoms with Crippen LogP contribution in [0.25, 0.3) is 0 Å². The molecular formula is C17H18Cl2O. The molecule has 0 bridgehead atoms. The number of rotatable bonds is 7. The SMILES string of the molecule is ClCCCOC(Cc1ccc(Cl)cc1)c1ccccc1. The minimum Gasteiger partial charge on any atom is -0.373 e. The smallest absolute Gasteiger partial charge is 0.0865 e. The third-order valence-corrected chi connectivity index (χ3v) is 3.62. The average Bonchev–Trinajstić information content (AvgIpc) is 2.49. The molecule has 1 nitrogen and oxygen atoms in total. The molecule has 2 aromatic carbocycles. The number of halogens is 2. The van der Waals surface area contributed by atoms with Crippen LogP contribution < -0.4 is 0 Å². The van der Waals surface area contributed by atoms with Crippen LogP contribution in [-0.2, 0) is 11.2 Å². The highest BCUT2D eigenvalue weighted by molar-refractivity contribution is 6.30. The van der Waals surface area contributed by atoms with Gasteiger partial charge in [0.25, 0.3) is 0 Å². The Labute approximate surface area is 130 Å². The summed E-state index contributed by atoms with van der Waals surface area (Å²) in [7, 11) is 0. The van der Waals surface area contributed by atoms with Crippen LogP contribution in [0.2, 0.25) is 5.02 Å². The molecule has 0 fully saturated rings. The summed E-state index contributed by atoms with van der Waals surface area (Å²) in [6.45, 7) is 0.677. The highest BCUT2D eigenvalue weighted by Gasteiger charge is 2.12. The van der Waals surface area contributed by atoms with Crippen molar-refractivity contribution in [3.63, 3.8) is 0 Å². The molecule has 0 saturated heterocycles. The van der Waals surface area contributed by atoms with E-state index in [9.17, 15) is 0 Å². The van der Waals surface area contributed by atoms with Gasteiger partial charge in [-0.05, 0) is 29.7 Å². The second kappa shape index (κ2) is 8.31. The highest BCUT2D eigenvalue weighted by atomic mass is 35.5. The Morgan fingerprint density at radius 2 is 1.65 bits per heavy atom. The Balaban J connectivity index is 2.07. The van der Waals surface area contributed by atoms with E-state index in [0.717, 1.165) is 17.9 Å². The zero-order valence-corrected chi connectivity index (χ0v) is 12.8. The van der Waals surface area contributed by atoms with Crippen molar-refractivity contribution in [2.75, 3.05) is 12.5 Å². The predicted octanol–water partition coefficient (Wildman–Crippen LogP) is 5.27. The summed E-state index contributed by atoms with van der Waals surface area (Å²) in [6.07, 6.45) is 1.76. The van der Waals surface area contributed by atoms with E-state index in [0.29, 0.717) is 12.5 Å². The van der Waals surface area contributed by atoms with Crippen molar-refractivity contribution >= 4 is 23.2 Å². The van der Waals surface area contributed by atoms with Crippen molar-refractivity contribution in [2.24, 2.45) is 0 Å². The largest absolute Gasteiger partial charge is 0.373 e. The lowest BCUT2D eigenvalue weighted by atomic mass is 10.0. The lowest BCUT2D eigenvalue weighted by Gasteiger charge is -2.18. The highest BCUT2D eigenvalue weighted by Crippen LogP contribution is 2.23. The lowest BCUT2D eigenvalue weighted by molar-refractivity contribution is 0.0536. The molecule has 106 valence electrons. The van der Waals surface area contributed by atoms with Crippen LogP contribution in [0.3, 0.4) is 0 Å². The van der Waals surface area contributed by atoms with Crippen LogP contribution in [0.4, 0.5) is 0 Å². The van der Waals surface area contributed by atoms with Crippen LogP contribution in [0.1, 0.15) is 23.7 Å². The molecule has 3 heteroatoms. The first-order chi connectivity index (χ1) is 9.79. The van der Waals surface area contributed by atoms with Gasteiger partial charge in [-0.2, -0.15) is 0 Å². The van der Waals surface area contributed by atoms with Gasteiger partial charge >= 0.3 is 0 Å².